The second kappa shape index (κ2) is 7.80. The lowest BCUT2D eigenvalue weighted by Crippen LogP contribution is -2.39. The molecule has 2 heterocycles. The van der Waals surface area contributed by atoms with Gasteiger partial charge in [-0.1, -0.05) is 57.0 Å². The molecule has 0 bridgehead atoms. The molecular weight excluding hydrogens is 510 g/mol. The highest BCUT2D eigenvalue weighted by Gasteiger charge is 2.47. The topological polar surface area (TPSA) is 49.7 Å². The van der Waals surface area contributed by atoms with Crippen molar-refractivity contribution in [1.82, 2.24) is 0 Å². The number of hydrogen-bond acceptors (Lipinski definition) is 5. The maximum Gasteiger partial charge on any atom is 0.164 e. The zero-order chi connectivity index (χ0) is 20.1. The first-order valence-electron chi connectivity index (χ1n) is 8.32. The Morgan fingerprint density at radius 2 is 1.89 bits per heavy atom. The molecule has 0 radical (unpaired) electrons. The van der Waals surface area contributed by atoms with Crippen LogP contribution in [-0.4, -0.2) is 37.2 Å². The van der Waals surface area contributed by atoms with E-state index in [2.05, 4.69) is 20.9 Å². The summed E-state index contributed by atoms with van der Waals surface area (Å²) in [5.41, 5.74) is 1.23. The zero-order valence-electron chi connectivity index (χ0n) is 14.3. The molecule has 2 aromatic rings. The number of benzene rings is 2. The van der Waals surface area contributed by atoms with Gasteiger partial charge < -0.3 is 4.90 Å². The maximum absolute atomic E-state index is 14.2. The van der Waals surface area contributed by atoms with E-state index in [4.69, 9.17) is 23.2 Å². The van der Waals surface area contributed by atoms with E-state index in [1.807, 2.05) is 4.90 Å². The summed E-state index contributed by atoms with van der Waals surface area (Å²) in [7, 11) is -3.16. The van der Waals surface area contributed by atoms with Crippen molar-refractivity contribution in [2.45, 2.75) is 17.8 Å². The van der Waals surface area contributed by atoms with Gasteiger partial charge in [-0.3, -0.25) is 4.99 Å². The van der Waals surface area contributed by atoms with Crippen molar-refractivity contribution < 1.29 is 12.8 Å². The largest absolute Gasteiger partial charge is 0.315 e. The van der Waals surface area contributed by atoms with Crippen LogP contribution in [0.1, 0.15) is 5.56 Å². The van der Waals surface area contributed by atoms with Gasteiger partial charge in [-0.05, 0) is 35.9 Å². The quantitative estimate of drug-likeness (QED) is 0.556. The van der Waals surface area contributed by atoms with Crippen molar-refractivity contribution in [1.29, 1.82) is 0 Å². The molecule has 1 fully saturated rings. The highest BCUT2D eigenvalue weighted by Crippen LogP contribution is 2.38. The van der Waals surface area contributed by atoms with E-state index in [9.17, 15) is 12.8 Å². The fourth-order valence-corrected chi connectivity index (χ4v) is 7.20. The molecule has 2 unspecified atom stereocenters. The molecule has 2 atom stereocenters. The Bertz CT molecular complexity index is 1060. The van der Waals surface area contributed by atoms with E-state index >= 15 is 0 Å². The Hall–Kier alpha value is -0.800. The minimum atomic E-state index is -3.16. The molecule has 148 valence electrons. The lowest BCUT2D eigenvalue weighted by atomic mass is 10.1. The second-order valence-corrected chi connectivity index (χ2v) is 11.5. The number of anilines is 1. The van der Waals surface area contributed by atoms with Gasteiger partial charge in [-0.25, -0.2) is 12.8 Å². The lowest BCUT2D eigenvalue weighted by molar-refractivity contribution is 0.601. The molecule has 0 aliphatic carbocycles. The molecule has 2 aromatic carbocycles. The van der Waals surface area contributed by atoms with Crippen LogP contribution in [-0.2, 0) is 15.6 Å². The van der Waals surface area contributed by atoms with Gasteiger partial charge in [0.2, 0.25) is 0 Å². The van der Waals surface area contributed by atoms with Crippen LogP contribution in [0.15, 0.2) is 45.9 Å². The number of hydrogen-bond donors (Lipinski definition) is 0. The molecule has 0 spiro atoms. The van der Waals surface area contributed by atoms with Gasteiger partial charge in [0.05, 0.1) is 23.6 Å². The van der Waals surface area contributed by atoms with Crippen LogP contribution in [0.3, 0.4) is 0 Å². The van der Waals surface area contributed by atoms with Gasteiger partial charge in [0.15, 0.2) is 15.0 Å². The average molecular weight is 524 g/mol. The predicted octanol–water partition coefficient (Wildman–Crippen LogP) is 5.17. The van der Waals surface area contributed by atoms with Crippen molar-refractivity contribution >= 4 is 71.6 Å². The average Bonchev–Trinajstić information content (AvgIpc) is 3.04. The number of thioether (sulfide) groups is 1. The zero-order valence-corrected chi connectivity index (χ0v) is 19.0. The number of aliphatic imine (C=N–C) groups is 1. The standard InChI is InChI=1S/C18H14BrCl2FN2O2S2/c19-11-2-1-10(15(22)3-11)7-27-18-23-16-8-28(25,26)9-17(16)24(18)14-5-12(20)4-13(21)6-14/h1-6,16-17H,7-9H2. The van der Waals surface area contributed by atoms with Gasteiger partial charge in [-0.2, -0.15) is 0 Å². The summed E-state index contributed by atoms with van der Waals surface area (Å²) < 4.78 is 39.1. The SMILES string of the molecule is O=S1(=O)CC2N=C(SCc3ccc(Br)cc3F)N(c3cc(Cl)cc(Cl)c3)C2C1. The first kappa shape index (κ1) is 20.5. The number of fused-ring (bicyclic) bond motifs is 1. The highest BCUT2D eigenvalue weighted by molar-refractivity contribution is 9.10. The Balaban J connectivity index is 1.65. The first-order valence-corrected chi connectivity index (χ1v) is 12.7. The van der Waals surface area contributed by atoms with Crippen LogP contribution in [0.2, 0.25) is 10.0 Å². The third-order valence-corrected chi connectivity index (χ3v) is 8.25. The van der Waals surface area contributed by atoms with Crippen molar-refractivity contribution in [2.24, 2.45) is 4.99 Å². The summed E-state index contributed by atoms with van der Waals surface area (Å²) in [6, 6.07) is 9.35. The number of rotatable bonds is 3. The van der Waals surface area contributed by atoms with Crippen LogP contribution in [0.5, 0.6) is 0 Å². The molecule has 2 aliphatic rings. The summed E-state index contributed by atoms with van der Waals surface area (Å²) >= 11 is 16.9. The first-order chi connectivity index (χ1) is 13.2. The van der Waals surface area contributed by atoms with Crippen molar-refractivity contribution in [2.75, 3.05) is 16.4 Å². The molecule has 1 saturated heterocycles. The predicted molar refractivity (Wildman–Crippen MR) is 118 cm³/mol. The van der Waals surface area contributed by atoms with E-state index in [0.717, 1.165) is 0 Å². The van der Waals surface area contributed by atoms with Crippen LogP contribution in [0, 0.1) is 5.82 Å². The van der Waals surface area contributed by atoms with E-state index < -0.39 is 9.84 Å². The van der Waals surface area contributed by atoms with Gasteiger partial charge in [-0.15, -0.1) is 0 Å². The van der Waals surface area contributed by atoms with Crippen molar-refractivity contribution in [3.63, 3.8) is 0 Å². The molecule has 28 heavy (non-hydrogen) atoms. The fraction of sp³-hybridized carbons (Fsp3) is 0.278. The Morgan fingerprint density at radius 3 is 2.57 bits per heavy atom. The molecule has 0 N–H and O–H groups in total. The van der Waals surface area contributed by atoms with E-state index in [-0.39, 0.29) is 29.4 Å². The summed E-state index contributed by atoms with van der Waals surface area (Å²) in [5.74, 6) is 0.0939. The van der Waals surface area contributed by atoms with E-state index in [1.54, 1.807) is 30.3 Å². The minimum absolute atomic E-state index is 0.0131. The fourth-order valence-electron chi connectivity index (χ4n) is 3.39. The third kappa shape index (κ3) is 4.21. The Labute approximate surface area is 185 Å². The van der Waals surface area contributed by atoms with Gasteiger partial charge in [0.1, 0.15) is 5.82 Å². The lowest BCUT2D eigenvalue weighted by Gasteiger charge is -2.27. The minimum Gasteiger partial charge on any atom is -0.315 e. The Morgan fingerprint density at radius 1 is 1.18 bits per heavy atom. The number of nitrogens with zero attached hydrogens (tertiary/aromatic N) is 2. The maximum atomic E-state index is 14.2. The third-order valence-electron chi connectivity index (χ3n) is 4.60. The molecule has 10 heteroatoms. The van der Waals surface area contributed by atoms with Crippen molar-refractivity contribution in [3.8, 4) is 0 Å². The molecule has 4 rings (SSSR count). The van der Waals surface area contributed by atoms with Gasteiger partial charge >= 0.3 is 0 Å². The summed E-state index contributed by atoms with van der Waals surface area (Å²) in [6.07, 6.45) is 0. The van der Waals surface area contributed by atoms with Crippen LogP contribution >= 0.6 is 50.9 Å². The molecule has 0 saturated carbocycles. The monoisotopic (exact) mass is 522 g/mol. The van der Waals surface area contributed by atoms with E-state index in [1.165, 1.54) is 17.8 Å². The summed E-state index contributed by atoms with van der Waals surface area (Å²) in [4.78, 5) is 6.50. The molecule has 2 aliphatic heterocycles. The van der Waals surface area contributed by atoms with Gasteiger partial charge in [0, 0.05) is 26.0 Å². The summed E-state index contributed by atoms with van der Waals surface area (Å²) in [6.45, 7) is 0. The summed E-state index contributed by atoms with van der Waals surface area (Å²) in [5, 5.41) is 1.55. The van der Waals surface area contributed by atoms with Crippen LogP contribution in [0.25, 0.3) is 0 Å². The molecule has 4 nitrogen and oxygen atoms in total. The smallest absolute Gasteiger partial charge is 0.164 e. The van der Waals surface area contributed by atoms with Crippen LogP contribution < -0.4 is 4.90 Å². The molecular formula is C18H14BrCl2FN2O2S2. The van der Waals surface area contributed by atoms with E-state index in [0.29, 0.717) is 36.7 Å². The van der Waals surface area contributed by atoms with Gasteiger partial charge in [0.25, 0.3) is 0 Å². The molecule has 0 aromatic heterocycles. The Kier molecular flexibility index (Phi) is 5.70. The number of sulfone groups is 1. The van der Waals surface area contributed by atoms with Crippen LogP contribution in [0.4, 0.5) is 10.1 Å². The highest BCUT2D eigenvalue weighted by atomic mass is 79.9. The van der Waals surface area contributed by atoms with Crippen molar-refractivity contribution in [3.05, 3.63) is 62.3 Å². The normalized spacial score (nSPS) is 23.0. The molecule has 0 amide bonds. The number of amidine groups is 1. The second-order valence-electron chi connectivity index (χ2n) is 6.65. The number of halogens is 4.